The Hall–Kier alpha value is -2.78. The third-order valence-corrected chi connectivity index (χ3v) is 5.34. The van der Waals surface area contributed by atoms with Gasteiger partial charge in [0.25, 0.3) is 5.91 Å². The van der Waals surface area contributed by atoms with Crippen molar-refractivity contribution in [2.75, 3.05) is 31.4 Å². The van der Waals surface area contributed by atoms with Gasteiger partial charge in [0.05, 0.1) is 16.3 Å². The van der Waals surface area contributed by atoms with Crippen LogP contribution in [0, 0.1) is 0 Å². The molecule has 1 amide bonds. The average molecular weight is 440 g/mol. The normalized spacial score (nSPS) is 12.9. The van der Waals surface area contributed by atoms with Crippen molar-refractivity contribution >= 4 is 39.0 Å². The van der Waals surface area contributed by atoms with Crippen molar-refractivity contribution in [3.05, 3.63) is 47.0 Å². The maximum atomic E-state index is 12.0. The highest BCUT2D eigenvalue weighted by atomic mass is 35.5. The molecule has 2 aromatic rings. The van der Waals surface area contributed by atoms with E-state index in [1.165, 1.54) is 24.3 Å². The Kier molecular flexibility index (Phi) is 6.29. The summed E-state index contributed by atoms with van der Waals surface area (Å²) in [4.78, 5) is 24.1. The first-order valence-corrected chi connectivity index (χ1v) is 10.8. The number of carbonyl (C=O) groups excluding carboxylic acids is 2. The molecule has 0 bridgehead atoms. The summed E-state index contributed by atoms with van der Waals surface area (Å²) in [6.07, 6.45) is 1.00. The Labute approximate surface area is 172 Å². The van der Waals surface area contributed by atoms with Crippen LogP contribution in [0.5, 0.6) is 11.5 Å². The molecule has 0 spiro atoms. The van der Waals surface area contributed by atoms with Crippen molar-refractivity contribution < 1.29 is 32.2 Å². The Morgan fingerprint density at radius 1 is 1.14 bits per heavy atom. The van der Waals surface area contributed by atoms with E-state index in [1.807, 2.05) is 0 Å². The van der Waals surface area contributed by atoms with E-state index >= 15 is 0 Å². The SMILES string of the molecule is CS(=O)(=O)c1ccc(NC(=O)COC(=O)Cc2cc(Cl)c3c(c2)OCCO3)cc1. The molecular weight excluding hydrogens is 422 g/mol. The second-order valence-electron chi connectivity index (χ2n) is 6.28. The minimum Gasteiger partial charge on any atom is -0.486 e. The fraction of sp³-hybridized carbons (Fsp3) is 0.263. The molecule has 3 rings (SSSR count). The van der Waals surface area contributed by atoms with E-state index in [4.69, 9.17) is 25.8 Å². The molecule has 8 nitrogen and oxygen atoms in total. The number of amides is 1. The monoisotopic (exact) mass is 439 g/mol. The van der Waals surface area contributed by atoms with Gasteiger partial charge in [0.15, 0.2) is 27.9 Å². The van der Waals surface area contributed by atoms with E-state index < -0.39 is 28.3 Å². The number of halogens is 1. The van der Waals surface area contributed by atoms with Crippen molar-refractivity contribution in [3.63, 3.8) is 0 Å². The van der Waals surface area contributed by atoms with Crippen molar-refractivity contribution in [2.45, 2.75) is 11.3 Å². The summed E-state index contributed by atoms with van der Waals surface area (Å²) in [7, 11) is -3.32. The second-order valence-corrected chi connectivity index (χ2v) is 8.71. The van der Waals surface area contributed by atoms with Crippen LogP contribution >= 0.6 is 11.6 Å². The van der Waals surface area contributed by atoms with Gasteiger partial charge in [-0.15, -0.1) is 0 Å². The Morgan fingerprint density at radius 2 is 1.83 bits per heavy atom. The first-order valence-electron chi connectivity index (χ1n) is 8.56. The van der Waals surface area contributed by atoms with Crippen molar-refractivity contribution in [3.8, 4) is 11.5 Å². The standard InChI is InChI=1S/C19H18ClNO7S/c1-29(24,25)14-4-2-13(3-5-14)21-17(22)11-28-18(23)10-12-8-15(20)19-16(9-12)26-6-7-27-19/h2-5,8-9H,6-7,10-11H2,1H3,(H,21,22). The molecule has 0 aliphatic carbocycles. The third-order valence-electron chi connectivity index (χ3n) is 3.94. The average Bonchev–Trinajstić information content (AvgIpc) is 2.66. The highest BCUT2D eigenvalue weighted by molar-refractivity contribution is 7.90. The molecule has 2 aromatic carbocycles. The number of hydrogen-bond donors (Lipinski definition) is 1. The number of benzene rings is 2. The van der Waals surface area contributed by atoms with Gasteiger partial charge >= 0.3 is 5.97 Å². The van der Waals surface area contributed by atoms with E-state index in [0.29, 0.717) is 41.0 Å². The lowest BCUT2D eigenvalue weighted by Crippen LogP contribution is -2.21. The zero-order valence-electron chi connectivity index (χ0n) is 15.4. The highest BCUT2D eigenvalue weighted by Gasteiger charge is 2.18. The van der Waals surface area contributed by atoms with Gasteiger partial charge in [-0.3, -0.25) is 9.59 Å². The van der Waals surface area contributed by atoms with E-state index in [-0.39, 0.29) is 11.3 Å². The van der Waals surface area contributed by atoms with Crippen LogP contribution in [0.15, 0.2) is 41.3 Å². The minimum atomic E-state index is -3.32. The fourth-order valence-corrected chi connectivity index (χ4v) is 3.53. The molecule has 0 saturated heterocycles. The van der Waals surface area contributed by atoms with Crippen molar-refractivity contribution in [1.82, 2.24) is 0 Å². The molecular formula is C19H18ClNO7S. The van der Waals surface area contributed by atoms with Gasteiger partial charge in [-0.1, -0.05) is 11.6 Å². The Bertz CT molecular complexity index is 1040. The molecule has 0 aromatic heterocycles. The number of anilines is 1. The van der Waals surface area contributed by atoms with Gasteiger partial charge in [0.2, 0.25) is 0 Å². The number of rotatable bonds is 6. The predicted octanol–water partition coefficient (Wildman–Crippen LogP) is 2.24. The molecule has 10 heteroatoms. The quantitative estimate of drug-likeness (QED) is 0.687. The van der Waals surface area contributed by atoms with Crippen LogP contribution in [0.1, 0.15) is 5.56 Å². The molecule has 154 valence electrons. The number of sulfone groups is 1. The Morgan fingerprint density at radius 3 is 2.52 bits per heavy atom. The van der Waals surface area contributed by atoms with Crippen LogP contribution in [-0.2, 0) is 30.6 Å². The lowest BCUT2D eigenvalue weighted by atomic mass is 10.1. The predicted molar refractivity (Wildman–Crippen MR) is 105 cm³/mol. The molecule has 0 saturated carbocycles. The van der Waals surface area contributed by atoms with Crippen LogP contribution in [0.3, 0.4) is 0 Å². The summed E-state index contributed by atoms with van der Waals surface area (Å²) in [5.41, 5.74) is 0.957. The molecule has 0 radical (unpaired) electrons. The van der Waals surface area contributed by atoms with Crippen LogP contribution in [0.25, 0.3) is 0 Å². The van der Waals surface area contributed by atoms with E-state index in [1.54, 1.807) is 12.1 Å². The number of ether oxygens (including phenoxy) is 3. The van der Waals surface area contributed by atoms with Gasteiger partial charge in [-0.2, -0.15) is 0 Å². The number of fused-ring (bicyclic) bond motifs is 1. The molecule has 0 unspecified atom stereocenters. The molecule has 29 heavy (non-hydrogen) atoms. The number of carbonyl (C=O) groups is 2. The molecule has 0 atom stereocenters. The minimum absolute atomic E-state index is 0.0906. The number of nitrogens with one attached hydrogen (secondary N) is 1. The molecule has 1 heterocycles. The highest BCUT2D eigenvalue weighted by Crippen LogP contribution is 2.38. The summed E-state index contributed by atoms with van der Waals surface area (Å²) in [6, 6.07) is 8.89. The third kappa shape index (κ3) is 5.61. The van der Waals surface area contributed by atoms with Gasteiger partial charge in [0, 0.05) is 11.9 Å². The van der Waals surface area contributed by atoms with E-state index in [9.17, 15) is 18.0 Å². The lowest BCUT2D eigenvalue weighted by molar-refractivity contribution is -0.146. The first-order chi connectivity index (χ1) is 13.7. The summed E-state index contributed by atoms with van der Waals surface area (Å²) < 4.78 is 38.7. The largest absolute Gasteiger partial charge is 0.486 e. The smallest absolute Gasteiger partial charge is 0.310 e. The molecule has 1 N–H and O–H groups in total. The van der Waals surface area contributed by atoms with E-state index in [0.717, 1.165) is 6.26 Å². The second kappa shape index (κ2) is 8.71. The zero-order chi connectivity index (χ0) is 21.0. The van der Waals surface area contributed by atoms with Gasteiger partial charge in [-0.25, -0.2) is 8.42 Å². The first kappa shape index (κ1) is 20.9. The molecule has 1 aliphatic heterocycles. The summed E-state index contributed by atoms with van der Waals surface area (Å²) in [5.74, 6) is -0.260. The number of esters is 1. The van der Waals surface area contributed by atoms with Gasteiger partial charge in [-0.05, 0) is 42.0 Å². The number of hydrogen-bond acceptors (Lipinski definition) is 7. The van der Waals surface area contributed by atoms with Crippen LogP contribution in [-0.4, -0.2) is 46.4 Å². The maximum Gasteiger partial charge on any atom is 0.310 e. The fourth-order valence-electron chi connectivity index (χ4n) is 2.61. The van der Waals surface area contributed by atoms with Crippen LogP contribution < -0.4 is 14.8 Å². The van der Waals surface area contributed by atoms with E-state index in [2.05, 4.69) is 5.32 Å². The summed E-state index contributed by atoms with van der Waals surface area (Å²) in [6.45, 7) is 0.313. The molecule has 1 aliphatic rings. The van der Waals surface area contributed by atoms with Gasteiger partial charge < -0.3 is 19.5 Å². The lowest BCUT2D eigenvalue weighted by Gasteiger charge is -2.20. The van der Waals surface area contributed by atoms with Crippen molar-refractivity contribution in [1.29, 1.82) is 0 Å². The van der Waals surface area contributed by atoms with Crippen LogP contribution in [0.2, 0.25) is 5.02 Å². The van der Waals surface area contributed by atoms with Crippen molar-refractivity contribution in [2.24, 2.45) is 0 Å². The topological polar surface area (TPSA) is 108 Å². The Balaban J connectivity index is 1.51. The van der Waals surface area contributed by atoms with Gasteiger partial charge in [0.1, 0.15) is 13.2 Å². The molecule has 0 fully saturated rings. The maximum absolute atomic E-state index is 12.0. The summed E-state index contributed by atoms with van der Waals surface area (Å²) >= 11 is 6.13. The van der Waals surface area contributed by atoms with Crippen LogP contribution in [0.4, 0.5) is 5.69 Å². The summed E-state index contributed by atoms with van der Waals surface area (Å²) in [5, 5.41) is 2.85. The zero-order valence-corrected chi connectivity index (χ0v) is 17.0.